The number of aryl methyl sites for hydroxylation is 1. The Morgan fingerprint density at radius 3 is 2.69 bits per heavy atom. The molecule has 132 valence electrons. The molecule has 0 aliphatic heterocycles. The molecule has 1 fully saturated rings. The van der Waals surface area contributed by atoms with Gasteiger partial charge in [-0.15, -0.1) is 0 Å². The van der Waals surface area contributed by atoms with Crippen LogP contribution in [0.3, 0.4) is 0 Å². The topological polar surface area (TPSA) is 77.8 Å². The third-order valence-electron chi connectivity index (χ3n) is 4.78. The van der Waals surface area contributed by atoms with Gasteiger partial charge in [-0.1, -0.05) is 6.58 Å². The maximum absolute atomic E-state index is 13.9. The van der Waals surface area contributed by atoms with Crippen LogP contribution >= 0.6 is 0 Å². The molecule has 3 rings (SSSR count). The van der Waals surface area contributed by atoms with Crippen molar-refractivity contribution in [1.29, 1.82) is 5.26 Å². The van der Waals surface area contributed by atoms with Gasteiger partial charge < -0.3 is 10.6 Å². The zero-order valence-electron chi connectivity index (χ0n) is 14.5. The van der Waals surface area contributed by atoms with Gasteiger partial charge in [0.2, 0.25) is 0 Å². The zero-order valence-corrected chi connectivity index (χ0v) is 14.5. The summed E-state index contributed by atoms with van der Waals surface area (Å²) in [6, 6.07) is 8.36. The van der Waals surface area contributed by atoms with Crippen molar-refractivity contribution in [1.82, 2.24) is 4.98 Å². The van der Waals surface area contributed by atoms with Crippen molar-refractivity contribution in [2.45, 2.75) is 31.7 Å². The fourth-order valence-corrected chi connectivity index (χ4v) is 3.06. The lowest BCUT2D eigenvalue weighted by atomic mass is 9.74. The van der Waals surface area contributed by atoms with Crippen LogP contribution in [0.2, 0.25) is 0 Å². The molecule has 1 heterocycles. The van der Waals surface area contributed by atoms with Gasteiger partial charge in [-0.05, 0) is 56.0 Å². The van der Waals surface area contributed by atoms with E-state index >= 15 is 0 Å². The standard InChI is InChI=1S/C20H19FN4O/c1-13-8-17(11-23-19(13)10-22)24-14(2)20(6-3-7-20)25-16-5-4-15(12-26)18(21)9-16/h4-5,8-9,11-12,24-25H,2-3,6-7H2,1H3. The van der Waals surface area contributed by atoms with Gasteiger partial charge in [-0.25, -0.2) is 9.37 Å². The number of hydrogen-bond acceptors (Lipinski definition) is 5. The highest BCUT2D eigenvalue weighted by molar-refractivity contribution is 5.76. The van der Waals surface area contributed by atoms with E-state index in [1.54, 1.807) is 12.3 Å². The Kier molecular flexibility index (Phi) is 4.72. The van der Waals surface area contributed by atoms with Crippen molar-refractivity contribution in [2.24, 2.45) is 0 Å². The molecule has 0 spiro atoms. The average Bonchev–Trinajstić information content (AvgIpc) is 2.58. The van der Waals surface area contributed by atoms with E-state index in [2.05, 4.69) is 22.2 Å². The van der Waals surface area contributed by atoms with Gasteiger partial charge in [0, 0.05) is 11.4 Å². The summed E-state index contributed by atoms with van der Waals surface area (Å²) in [4.78, 5) is 14.9. The van der Waals surface area contributed by atoms with Crippen LogP contribution in [0.15, 0.2) is 42.7 Å². The van der Waals surface area contributed by atoms with Gasteiger partial charge in [0.15, 0.2) is 6.29 Å². The second-order valence-corrected chi connectivity index (χ2v) is 6.52. The molecule has 1 aliphatic rings. The maximum atomic E-state index is 13.9. The predicted molar refractivity (Wildman–Crippen MR) is 98.4 cm³/mol. The lowest BCUT2D eigenvalue weighted by Crippen LogP contribution is -2.48. The number of nitrogens with one attached hydrogen (secondary N) is 2. The number of benzene rings is 1. The summed E-state index contributed by atoms with van der Waals surface area (Å²) in [5, 5.41) is 15.6. The van der Waals surface area contributed by atoms with Crippen LogP contribution in [0.25, 0.3) is 0 Å². The van der Waals surface area contributed by atoms with Gasteiger partial charge in [0.1, 0.15) is 17.6 Å². The first-order valence-electron chi connectivity index (χ1n) is 8.33. The minimum absolute atomic E-state index is 0.0364. The van der Waals surface area contributed by atoms with Crippen molar-refractivity contribution in [2.75, 3.05) is 10.6 Å². The molecule has 2 N–H and O–H groups in total. The monoisotopic (exact) mass is 350 g/mol. The molecule has 5 nitrogen and oxygen atoms in total. The van der Waals surface area contributed by atoms with Crippen LogP contribution in [0.5, 0.6) is 0 Å². The van der Waals surface area contributed by atoms with Crippen LogP contribution in [0.4, 0.5) is 15.8 Å². The maximum Gasteiger partial charge on any atom is 0.152 e. The molecule has 1 aliphatic carbocycles. The number of carbonyl (C=O) groups excluding carboxylic acids is 1. The fourth-order valence-electron chi connectivity index (χ4n) is 3.06. The minimum atomic E-state index is -0.551. The summed E-state index contributed by atoms with van der Waals surface area (Å²) in [5.41, 5.74) is 2.93. The largest absolute Gasteiger partial charge is 0.374 e. The first-order valence-corrected chi connectivity index (χ1v) is 8.33. The third kappa shape index (κ3) is 3.29. The molecule has 0 radical (unpaired) electrons. The summed E-state index contributed by atoms with van der Waals surface area (Å²) >= 11 is 0. The molecular weight excluding hydrogens is 331 g/mol. The molecule has 0 unspecified atom stereocenters. The molecule has 1 saturated carbocycles. The summed E-state index contributed by atoms with van der Waals surface area (Å²) in [5.74, 6) is -0.551. The fraction of sp³-hybridized carbons (Fsp3) is 0.250. The summed E-state index contributed by atoms with van der Waals surface area (Å²) in [6.07, 6.45) is 4.85. The van der Waals surface area contributed by atoms with E-state index in [1.807, 2.05) is 19.1 Å². The molecule has 26 heavy (non-hydrogen) atoms. The average molecular weight is 350 g/mol. The normalized spacial score (nSPS) is 14.7. The van der Waals surface area contributed by atoms with Crippen molar-refractivity contribution in [3.05, 3.63) is 65.4 Å². The van der Waals surface area contributed by atoms with E-state index in [1.165, 1.54) is 12.1 Å². The quantitative estimate of drug-likeness (QED) is 0.765. The van der Waals surface area contributed by atoms with Gasteiger partial charge in [0.05, 0.1) is 23.0 Å². The smallest absolute Gasteiger partial charge is 0.152 e. The lowest BCUT2D eigenvalue weighted by Gasteiger charge is -2.45. The summed E-state index contributed by atoms with van der Waals surface area (Å²) in [6.45, 7) is 5.98. The molecule has 2 aromatic rings. The second kappa shape index (κ2) is 6.96. The molecule has 0 atom stereocenters. The number of rotatable bonds is 6. The number of carbonyl (C=O) groups is 1. The number of aldehydes is 1. The Bertz CT molecular complexity index is 913. The minimum Gasteiger partial charge on any atom is -0.374 e. The van der Waals surface area contributed by atoms with E-state index in [0.717, 1.165) is 36.2 Å². The van der Waals surface area contributed by atoms with Crippen molar-refractivity contribution in [3.63, 3.8) is 0 Å². The Balaban J connectivity index is 1.78. The van der Waals surface area contributed by atoms with E-state index in [0.29, 0.717) is 17.7 Å². The van der Waals surface area contributed by atoms with Crippen molar-refractivity contribution >= 4 is 17.7 Å². The van der Waals surface area contributed by atoms with E-state index < -0.39 is 11.4 Å². The molecule has 0 bridgehead atoms. The van der Waals surface area contributed by atoms with Crippen LogP contribution in [0.1, 0.15) is 40.9 Å². The number of aromatic nitrogens is 1. The molecular formula is C20H19FN4O. The number of nitriles is 1. The Labute approximate surface area is 151 Å². The second-order valence-electron chi connectivity index (χ2n) is 6.52. The molecule has 0 amide bonds. The highest BCUT2D eigenvalue weighted by Gasteiger charge is 2.40. The van der Waals surface area contributed by atoms with E-state index in [9.17, 15) is 9.18 Å². The van der Waals surface area contributed by atoms with Gasteiger partial charge in [0.25, 0.3) is 0 Å². The highest BCUT2D eigenvalue weighted by Crippen LogP contribution is 2.41. The number of halogens is 1. The van der Waals surface area contributed by atoms with Crippen molar-refractivity contribution in [3.8, 4) is 6.07 Å². The molecule has 1 aromatic carbocycles. The number of nitrogens with zero attached hydrogens (tertiary/aromatic N) is 2. The zero-order chi connectivity index (χ0) is 18.7. The van der Waals surface area contributed by atoms with E-state index in [-0.39, 0.29) is 5.56 Å². The van der Waals surface area contributed by atoms with Gasteiger partial charge in [-0.3, -0.25) is 4.79 Å². The van der Waals surface area contributed by atoms with Crippen LogP contribution < -0.4 is 10.6 Å². The van der Waals surface area contributed by atoms with Gasteiger partial charge in [-0.2, -0.15) is 5.26 Å². The number of pyridine rings is 1. The lowest BCUT2D eigenvalue weighted by molar-refractivity contribution is 0.112. The third-order valence-corrected chi connectivity index (χ3v) is 4.78. The highest BCUT2D eigenvalue weighted by atomic mass is 19.1. The van der Waals surface area contributed by atoms with Crippen LogP contribution in [-0.4, -0.2) is 16.8 Å². The van der Waals surface area contributed by atoms with Gasteiger partial charge >= 0.3 is 0 Å². The predicted octanol–water partition coefficient (Wildman–Crippen LogP) is 4.17. The molecule has 6 heteroatoms. The van der Waals surface area contributed by atoms with Crippen molar-refractivity contribution < 1.29 is 9.18 Å². The van der Waals surface area contributed by atoms with Crippen LogP contribution in [0, 0.1) is 24.1 Å². The Morgan fingerprint density at radius 1 is 1.38 bits per heavy atom. The summed E-state index contributed by atoms with van der Waals surface area (Å²) in [7, 11) is 0. The first kappa shape index (κ1) is 17.6. The molecule has 1 aromatic heterocycles. The Morgan fingerprint density at radius 2 is 2.15 bits per heavy atom. The number of hydrogen-bond donors (Lipinski definition) is 2. The number of anilines is 2. The summed E-state index contributed by atoms with van der Waals surface area (Å²) < 4.78 is 13.9. The van der Waals surface area contributed by atoms with E-state index in [4.69, 9.17) is 5.26 Å². The Hall–Kier alpha value is -3.20. The van der Waals surface area contributed by atoms with Crippen LogP contribution in [-0.2, 0) is 0 Å². The molecule has 0 saturated heterocycles. The SMILES string of the molecule is C=C(Nc1cnc(C#N)c(C)c1)C1(Nc2ccc(C=O)c(F)c2)CCC1. The first-order chi connectivity index (χ1) is 12.5.